The Morgan fingerprint density at radius 1 is 0.358 bits per heavy atom. The van der Waals surface area contributed by atoms with Crippen molar-refractivity contribution in [3.05, 3.63) is 125 Å². The van der Waals surface area contributed by atoms with Gasteiger partial charge in [-0.1, -0.05) is 137 Å². The van der Waals surface area contributed by atoms with E-state index in [1.807, 2.05) is 98.7 Å². The number of carbonyl (C=O) groups is 3. The number of benzene rings is 4. The summed E-state index contributed by atoms with van der Waals surface area (Å²) in [6.07, 6.45) is 0. The lowest BCUT2D eigenvalue weighted by molar-refractivity contribution is -0.128. The first-order valence-corrected chi connectivity index (χ1v) is 18.4. The first-order chi connectivity index (χ1) is 24.5. The molecule has 0 saturated heterocycles. The van der Waals surface area contributed by atoms with Crippen LogP contribution >= 0.6 is 0 Å². The van der Waals surface area contributed by atoms with E-state index in [-0.39, 0.29) is 42.6 Å². The van der Waals surface area contributed by atoms with Gasteiger partial charge in [-0.3, -0.25) is 14.4 Å². The Labute approximate surface area is 317 Å². The van der Waals surface area contributed by atoms with Crippen LogP contribution in [0.2, 0.25) is 0 Å². The Bertz CT molecular complexity index is 1790. The number of hydrogen-bond acceptors (Lipinski definition) is 6. The molecule has 282 valence electrons. The molecule has 0 fully saturated rings. The fraction of sp³-hybridized carbons (Fsp3) is 0.426. The minimum absolute atomic E-state index is 0.0170. The first-order valence-electron chi connectivity index (χ1n) is 18.4. The van der Waals surface area contributed by atoms with Crippen LogP contribution in [0.5, 0.6) is 17.2 Å². The molecule has 0 bridgehead atoms. The lowest BCUT2D eigenvalue weighted by atomic mass is 9.70. The average Bonchev–Trinajstić information content (AvgIpc) is 3.10. The number of hydrogen-bond donors (Lipinski definition) is 0. The maximum absolute atomic E-state index is 12.5. The third-order valence-electron chi connectivity index (χ3n) is 10.2. The van der Waals surface area contributed by atoms with Gasteiger partial charge in [-0.25, -0.2) is 0 Å². The SMILES string of the molecule is CC(C)(C)C(=O)COc1ccc(C(C)(C)c2ccc(C(C)(c3ccc(OCC(=O)C(C)(C)C)cc3)c3ccc(OCC(=O)C(C)(C)C)cc3)cc2)cc1. The Hall–Kier alpha value is -4.71. The summed E-state index contributed by atoms with van der Waals surface area (Å²) in [6.45, 7) is 23.7. The minimum Gasteiger partial charge on any atom is -0.486 e. The average molecular weight is 719 g/mol. The second-order valence-corrected chi connectivity index (χ2v) is 17.8. The molecule has 4 aromatic carbocycles. The van der Waals surface area contributed by atoms with Gasteiger partial charge >= 0.3 is 0 Å². The van der Waals surface area contributed by atoms with Crippen molar-refractivity contribution in [2.24, 2.45) is 16.2 Å². The lowest BCUT2D eigenvalue weighted by Crippen LogP contribution is -2.27. The van der Waals surface area contributed by atoms with E-state index in [2.05, 4.69) is 81.4 Å². The van der Waals surface area contributed by atoms with Crippen LogP contribution in [-0.4, -0.2) is 37.2 Å². The molecule has 0 aliphatic carbocycles. The molecule has 53 heavy (non-hydrogen) atoms. The highest BCUT2D eigenvalue weighted by Gasteiger charge is 2.33. The number of ether oxygens (including phenoxy) is 3. The Morgan fingerprint density at radius 3 is 0.811 bits per heavy atom. The van der Waals surface area contributed by atoms with Gasteiger partial charge in [0.2, 0.25) is 0 Å². The molecule has 0 saturated carbocycles. The second kappa shape index (κ2) is 15.7. The molecule has 0 aromatic heterocycles. The maximum Gasteiger partial charge on any atom is 0.175 e. The zero-order valence-electron chi connectivity index (χ0n) is 33.8. The van der Waals surface area contributed by atoms with Crippen LogP contribution in [0.15, 0.2) is 97.1 Å². The standard InChI is InChI=1S/C47H58O6/c1-43(2,3)40(48)29-51-37-23-17-33(18-24-37)46(10,11)32-13-15-34(16-14-32)47(12,35-19-25-38(26-20-35)52-30-41(49)44(4,5)6)36-21-27-39(28-22-36)53-31-42(50)45(7,8)9/h13-28H,29-31H2,1-12H3. The summed E-state index contributed by atoms with van der Waals surface area (Å²) in [6, 6.07) is 32.6. The van der Waals surface area contributed by atoms with Crippen molar-refractivity contribution in [3.8, 4) is 17.2 Å². The fourth-order valence-corrected chi connectivity index (χ4v) is 5.72. The zero-order valence-corrected chi connectivity index (χ0v) is 33.8. The van der Waals surface area contributed by atoms with Crippen LogP contribution in [0.25, 0.3) is 0 Å². The third-order valence-corrected chi connectivity index (χ3v) is 10.2. The topological polar surface area (TPSA) is 78.9 Å². The maximum atomic E-state index is 12.5. The number of rotatable bonds is 14. The summed E-state index contributed by atoms with van der Waals surface area (Å²) in [4.78, 5) is 37.4. The highest BCUT2D eigenvalue weighted by molar-refractivity contribution is 5.86. The Morgan fingerprint density at radius 2 is 0.566 bits per heavy atom. The molecular formula is C47H58O6. The van der Waals surface area contributed by atoms with E-state index >= 15 is 0 Å². The molecule has 0 radical (unpaired) electrons. The van der Waals surface area contributed by atoms with E-state index in [0.29, 0.717) is 17.2 Å². The van der Waals surface area contributed by atoms with Crippen molar-refractivity contribution in [1.82, 2.24) is 0 Å². The predicted octanol–water partition coefficient (Wildman–Crippen LogP) is 10.3. The van der Waals surface area contributed by atoms with Gasteiger partial charge in [0.1, 0.15) is 37.1 Å². The van der Waals surface area contributed by atoms with Crippen molar-refractivity contribution < 1.29 is 28.6 Å². The van der Waals surface area contributed by atoms with Crippen molar-refractivity contribution >= 4 is 17.3 Å². The van der Waals surface area contributed by atoms with Crippen LogP contribution < -0.4 is 14.2 Å². The molecule has 4 aromatic rings. The lowest BCUT2D eigenvalue weighted by Gasteiger charge is -2.33. The second-order valence-electron chi connectivity index (χ2n) is 17.8. The molecule has 0 aliphatic heterocycles. The van der Waals surface area contributed by atoms with Crippen LogP contribution in [-0.2, 0) is 25.2 Å². The molecule has 6 heteroatoms. The van der Waals surface area contributed by atoms with E-state index in [9.17, 15) is 14.4 Å². The van der Waals surface area contributed by atoms with Gasteiger partial charge in [-0.2, -0.15) is 0 Å². The quantitative estimate of drug-likeness (QED) is 0.121. The van der Waals surface area contributed by atoms with E-state index in [1.54, 1.807) is 0 Å². The summed E-state index contributed by atoms with van der Waals surface area (Å²) in [5.41, 5.74) is 3.23. The highest BCUT2D eigenvalue weighted by atomic mass is 16.5. The molecule has 0 amide bonds. The van der Waals surface area contributed by atoms with Gasteiger partial charge in [-0.05, 0) is 71.1 Å². The largest absolute Gasteiger partial charge is 0.486 e. The number of Topliss-reactive ketones (excluding diaryl/α,β-unsaturated/α-hetero) is 3. The first kappa shape index (κ1) is 41.1. The van der Waals surface area contributed by atoms with Crippen molar-refractivity contribution in [1.29, 1.82) is 0 Å². The third kappa shape index (κ3) is 10.0. The van der Waals surface area contributed by atoms with Gasteiger partial charge in [0, 0.05) is 27.1 Å². The Kier molecular flexibility index (Phi) is 12.2. The van der Waals surface area contributed by atoms with Gasteiger partial charge in [-0.15, -0.1) is 0 Å². The molecule has 0 atom stereocenters. The normalized spacial score (nSPS) is 12.6. The van der Waals surface area contributed by atoms with Crippen molar-refractivity contribution in [2.45, 2.75) is 93.9 Å². The highest BCUT2D eigenvalue weighted by Crippen LogP contribution is 2.42. The summed E-state index contributed by atoms with van der Waals surface area (Å²) in [7, 11) is 0. The summed E-state index contributed by atoms with van der Waals surface area (Å²) >= 11 is 0. The van der Waals surface area contributed by atoms with Crippen molar-refractivity contribution in [2.75, 3.05) is 19.8 Å². The van der Waals surface area contributed by atoms with E-state index in [1.165, 1.54) is 0 Å². The molecule has 0 heterocycles. The molecule has 4 rings (SSSR count). The summed E-state index contributed by atoms with van der Waals surface area (Å²) in [5, 5.41) is 0. The monoisotopic (exact) mass is 718 g/mol. The zero-order chi connectivity index (χ0) is 39.4. The number of ketones is 3. The minimum atomic E-state index is -0.564. The fourth-order valence-electron chi connectivity index (χ4n) is 5.72. The van der Waals surface area contributed by atoms with Gasteiger partial charge in [0.15, 0.2) is 17.3 Å². The predicted molar refractivity (Wildman–Crippen MR) is 213 cm³/mol. The van der Waals surface area contributed by atoms with Crippen molar-refractivity contribution in [3.63, 3.8) is 0 Å². The van der Waals surface area contributed by atoms with Gasteiger partial charge in [0.25, 0.3) is 0 Å². The molecule has 0 N–H and O–H groups in total. The van der Waals surface area contributed by atoms with Crippen LogP contribution in [0.4, 0.5) is 0 Å². The Balaban J connectivity index is 1.63. The van der Waals surface area contributed by atoms with Crippen LogP contribution in [0.3, 0.4) is 0 Å². The summed E-state index contributed by atoms with van der Waals surface area (Å²) < 4.78 is 17.6. The molecular weight excluding hydrogens is 661 g/mol. The van der Waals surface area contributed by atoms with Gasteiger partial charge in [0.05, 0.1) is 0 Å². The van der Waals surface area contributed by atoms with Gasteiger partial charge < -0.3 is 14.2 Å². The molecule has 0 unspecified atom stereocenters. The van der Waals surface area contributed by atoms with E-state index in [4.69, 9.17) is 14.2 Å². The summed E-state index contributed by atoms with van der Waals surface area (Å²) in [5.74, 6) is 2.08. The number of carbonyl (C=O) groups excluding carboxylic acids is 3. The van der Waals surface area contributed by atoms with E-state index < -0.39 is 21.7 Å². The van der Waals surface area contributed by atoms with Crippen LogP contribution in [0, 0.1) is 16.2 Å². The molecule has 6 nitrogen and oxygen atoms in total. The molecule has 0 spiro atoms. The smallest absolute Gasteiger partial charge is 0.175 e. The van der Waals surface area contributed by atoms with E-state index in [0.717, 1.165) is 27.8 Å². The van der Waals surface area contributed by atoms with Crippen LogP contribution in [0.1, 0.15) is 111 Å². The molecule has 0 aliphatic rings.